The van der Waals surface area contributed by atoms with Crippen LogP contribution in [0.4, 0.5) is 0 Å². The topological polar surface area (TPSA) is 59.9 Å². The Bertz CT molecular complexity index is 1020. The highest BCUT2D eigenvalue weighted by molar-refractivity contribution is 5.94. The lowest BCUT2D eigenvalue weighted by Crippen LogP contribution is -2.00. The molecule has 118 valence electrons. The predicted octanol–water partition coefficient (Wildman–Crippen LogP) is 3.81. The number of esters is 1. The number of hydrogen-bond acceptors (Lipinski definition) is 3. The Balaban J connectivity index is 1.77. The number of hydrogen-bond donors (Lipinski definition) is 1. The summed E-state index contributed by atoms with van der Waals surface area (Å²) < 4.78 is 6.80. The van der Waals surface area contributed by atoms with Crippen molar-refractivity contribution in [2.24, 2.45) is 0 Å². The van der Waals surface area contributed by atoms with Crippen LogP contribution in [0.1, 0.15) is 10.4 Å². The van der Waals surface area contributed by atoms with E-state index in [0.29, 0.717) is 5.56 Å². The van der Waals surface area contributed by atoms with Gasteiger partial charge in [-0.1, -0.05) is 12.1 Å². The fraction of sp³-hybridized carbons (Fsp3) is 0.0526. The van der Waals surface area contributed by atoms with E-state index in [2.05, 4.69) is 16.0 Å². The molecule has 0 aliphatic carbocycles. The number of aromatic amines is 1. The first-order valence-electron chi connectivity index (χ1n) is 7.56. The van der Waals surface area contributed by atoms with Gasteiger partial charge < -0.3 is 14.3 Å². The number of benzene rings is 2. The Kier molecular flexibility index (Phi) is 3.39. The summed E-state index contributed by atoms with van der Waals surface area (Å²) in [6.07, 6.45) is 4.00. The Labute approximate surface area is 138 Å². The lowest BCUT2D eigenvalue weighted by atomic mass is 10.2. The third kappa shape index (κ3) is 2.46. The molecule has 1 N–H and O–H groups in total. The highest BCUT2D eigenvalue weighted by Gasteiger charge is 2.10. The second kappa shape index (κ2) is 5.70. The largest absolute Gasteiger partial charge is 0.465 e. The Morgan fingerprint density at radius 2 is 1.92 bits per heavy atom. The van der Waals surface area contributed by atoms with Crippen molar-refractivity contribution in [2.45, 2.75) is 0 Å². The number of carbonyl (C=O) groups is 1. The number of carbonyl (C=O) groups excluding carboxylic acids is 1. The summed E-state index contributed by atoms with van der Waals surface area (Å²) in [4.78, 5) is 19.5. The summed E-state index contributed by atoms with van der Waals surface area (Å²) in [6.45, 7) is 0. The van der Waals surface area contributed by atoms with Crippen LogP contribution in [0.15, 0.2) is 67.0 Å². The molecule has 0 fully saturated rings. The number of nitrogens with one attached hydrogen (secondary N) is 1. The minimum atomic E-state index is -0.359. The molecule has 0 bridgehead atoms. The Hall–Kier alpha value is -3.34. The molecule has 0 saturated heterocycles. The first-order chi connectivity index (χ1) is 11.7. The molecule has 0 unspecified atom stereocenters. The summed E-state index contributed by atoms with van der Waals surface area (Å²) >= 11 is 0. The van der Waals surface area contributed by atoms with Gasteiger partial charge >= 0.3 is 5.97 Å². The molecule has 5 nitrogen and oxygen atoms in total. The molecule has 2 aromatic heterocycles. The second-order valence-electron chi connectivity index (χ2n) is 5.45. The number of rotatable bonds is 3. The van der Waals surface area contributed by atoms with Crippen LogP contribution >= 0.6 is 0 Å². The molecular weight excluding hydrogens is 302 g/mol. The van der Waals surface area contributed by atoms with E-state index >= 15 is 0 Å². The van der Waals surface area contributed by atoms with E-state index in [9.17, 15) is 4.79 Å². The van der Waals surface area contributed by atoms with Gasteiger partial charge in [0.05, 0.1) is 23.7 Å². The van der Waals surface area contributed by atoms with E-state index in [1.54, 1.807) is 12.1 Å². The molecule has 24 heavy (non-hydrogen) atoms. The predicted molar refractivity (Wildman–Crippen MR) is 92.2 cm³/mol. The van der Waals surface area contributed by atoms with Gasteiger partial charge in [-0.05, 0) is 42.5 Å². The Morgan fingerprint density at radius 3 is 2.71 bits per heavy atom. The molecule has 2 aromatic carbocycles. The van der Waals surface area contributed by atoms with Gasteiger partial charge in [0.1, 0.15) is 5.82 Å². The maximum Gasteiger partial charge on any atom is 0.337 e. The fourth-order valence-corrected chi connectivity index (χ4v) is 2.71. The number of methoxy groups -OCH3 is 1. The van der Waals surface area contributed by atoms with Gasteiger partial charge in [0.15, 0.2) is 0 Å². The van der Waals surface area contributed by atoms with Crippen molar-refractivity contribution < 1.29 is 9.53 Å². The first-order valence-corrected chi connectivity index (χ1v) is 7.56. The summed E-state index contributed by atoms with van der Waals surface area (Å²) in [5.74, 6) is 0.406. The van der Waals surface area contributed by atoms with E-state index in [1.165, 1.54) is 7.11 Å². The summed E-state index contributed by atoms with van der Waals surface area (Å²) in [5.41, 5.74) is 4.16. The van der Waals surface area contributed by atoms with Crippen molar-refractivity contribution >= 4 is 17.0 Å². The van der Waals surface area contributed by atoms with E-state index < -0.39 is 0 Å². The normalized spacial score (nSPS) is 10.9. The summed E-state index contributed by atoms with van der Waals surface area (Å²) in [6, 6.07) is 17.4. The van der Waals surface area contributed by atoms with E-state index in [1.807, 2.05) is 53.4 Å². The summed E-state index contributed by atoms with van der Waals surface area (Å²) in [5, 5.41) is 0. The highest BCUT2D eigenvalue weighted by Crippen LogP contribution is 2.23. The summed E-state index contributed by atoms with van der Waals surface area (Å²) in [7, 11) is 1.37. The van der Waals surface area contributed by atoms with Gasteiger partial charge in [-0.3, -0.25) is 0 Å². The molecule has 4 rings (SSSR count). The minimum absolute atomic E-state index is 0.359. The lowest BCUT2D eigenvalue weighted by molar-refractivity contribution is 0.0601. The van der Waals surface area contributed by atoms with Gasteiger partial charge in [-0.2, -0.15) is 0 Å². The number of ether oxygens (including phenoxy) is 1. The number of fused-ring (bicyclic) bond motifs is 1. The number of imidazole rings is 1. The van der Waals surface area contributed by atoms with E-state index in [-0.39, 0.29) is 5.97 Å². The van der Waals surface area contributed by atoms with Crippen molar-refractivity contribution in [2.75, 3.05) is 7.11 Å². The SMILES string of the molecule is COC(=O)c1ccc2nc(-c3cccc(-n4cccc4)c3)[nH]c2c1. The molecule has 0 spiro atoms. The third-order valence-corrected chi connectivity index (χ3v) is 3.93. The smallest absolute Gasteiger partial charge is 0.337 e. The maximum atomic E-state index is 11.7. The molecule has 0 saturated carbocycles. The van der Waals surface area contributed by atoms with Crippen molar-refractivity contribution in [1.29, 1.82) is 0 Å². The molecule has 5 heteroatoms. The van der Waals surface area contributed by atoms with Crippen molar-refractivity contribution in [3.8, 4) is 17.1 Å². The van der Waals surface area contributed by atoms with E-state index in [4.69, 9.17) is 4.74 Å². The van der Waals surface area contributed by atoms with Crippen LogP contribution in [0.5, 0.6) is 0 Å². The quantitative estimate of drug-likeness (QED) is 0.585. The van der Waals surface area contributed by atoms with Gasteiger partial charge in [0.25, 0.3) is 0 Å². The zero-order chi connectivity index (χ0) is 16.5. The van der Waals surface area contributed by atoms with Crippen molar-refractivity contribution in [3.05, 3.63) is 72.6 Å². The van der Waals surface area contributed by atoms with Crippen LogP contribution in [0.3, 0.4) is 0 Å². The number of H-pyrrole nitrogens is 1. The first kappa shape index (κ1) is 14.3. The Morgan fingerprint density at radius 1 is 1.08 bits per heavy atom. The van der Waals surface area contributed by atoms with Crippen LogP contribution in [-0.4, -0.2) is 27.6 Å². The second-order valence-corrected chi connectivity index (χ2v) is 5.45. The van der Waals surface area contributed by atoms with Crippen LogP contribution in [0.25, 0.3) is 28.1 Å². The molecule has 0 aliphatic heterocycles. The van der Waals surface area contributed by atoms with Gasteiger partial charge in [-0.25, -0.2) is 9.78 Å². The molecule has 0 radical (unpaired) electrons. The minimum Gasteiger partial charge on any atom is -0.465 e. The standard InChI is InChI=1S/C19H15N3O2/c1-24-19(23)14-7-8-16-17(12-14)21-18(20-16)13-5-4-6-15(11-13)22-9-2-3-10-22/h2-12H,1H3,(H,20,21). The number of nitrogens with zero attached hydrogens (tertiary/aromatic N) is 2. The molecular formula is C19H15N3O2. The van der Waals surface area contributed by atoms with Gasteiger partial charge in [0, 0.05) is 23.6 Å². The lowest BCUT2D eigenvalue weighted by Gasteiger charge is -2.04. The average molecular weight is 317 g/mol. The van der Waals surface area contributed by atoms with Crippen molar-refractivity contribution in [3.63, 3.8) is 0 Å². The number of aromatic nitrogens is 3. The average Bonchev–Trinajstić information content (AvgIpc) is 3.30. The maximum absolute atomic E-state index is 11.7. The third-order valence-electron chi connectivity index (χ3n) is 3.93. The zero-order valence-corrected chi connectivity index (χ0v) is 13.1. The zero-order valence-electron chi connectivity index (χ0n) is 13.1. The molecule has 0 amide bonds. The highest BCUT2D eigenvalue weighted by atomic mass is 16.5. The molecule has 2 heterocycles. The molecule has 0 aliphatic rings. The van der Waals surface area contributed by atoms with Crippen molar-refractivity contribution in [1.82, 2.24) is 14.5 Å². The van der Waals surface area contributed by atoms with Crippen LogP contribution in [0.2, 0.25) is 0 Å². The van der Waals surface area contributed by atoms with Gasteiger partial charge in [0.2, 0.25) is 0 Å². The molecule has 4 aromatic rings. The van der Waals surface area contributed by atoms with Gasteiger partial charge in [-0.15, -0.1) is 0 Å². The van der Waals surface area contributed by atoms with E-state index in [0.717, 1.165) is 28.1 Å². The van der Waals surface area contributed by atoms with Crippen LogP contribution < -0.4 is 0 Å². The monoisotopic (exact) mass is 317 g/mol. The fourth-order valence-electron chi connectivity index (χ4n) is 2.71. The van der Waals surface area contributed by atoms with Crippen LogP contribution in [-0.2, 0) is 4.74 Å². The van der Waals surface area contributed by atoms with Crippen LogP contribution in [0, 0.1) is 0 Å². The molecule has 0 atom stereocenters.